The number of aromatic nitrogens is 3. The maximum atomic E-state index is 13.9. The molecule has 5 rings (SSSR count). The molecule has 3 aromatic rings. The third-order valence-electron chi connectivity index (χ3n) is 6.32. The number of hydrogen-bond acceptors (Lipinski definition) is 5. The third-order valence-corrected chi connectivity index (χ3v) is 8.14. The van der Waals surface area contributed by atoms with Crippen LogP contribution in [0.2, 0.25) is 0 Å². The Morgan fingerprint density at radius 2 is 1.86 bits per heavy atom. The first-order chi connectivity index (χ1) is 17.8. The summed E-state index contributed by atoms with van der Waals surface area (Å²) in [6, 6.07) is 7.24. The zero-order chi connectivity index (χ0) is 26.0. The quantitative estimate of drug-likeness (QED) is 0.426. The van der Waals surface area contributed by atoms with E-state index in [4.69, 9.17) is 19.4 Å². The summed E-state index contributed by atoms with van der Waals surface area (Å²) in [5.41, 5.74) is 4.69. The van der Waals surface area contributed by atoms with Crippen molar-refractivity contribution in [3.8, 4) is 0 Å². The molecule has 0 saturated heterocycles. The van der Waals surface area contributed by atoms with Crippen molar-refractivity contribution in [2.24, 2.45) is 0 Å². The second kappa shape index (κ2) is 10.6. The molecule has 0 unspecified atom stereocenters. The maximum absolute atomic E-state index is 13.9. The molecule has 0 saturated carbocycles. The van der Waals surface area contributed by atoms with Gasteiger partial charge in [-0.15, -0.1) is 0 Å². The molecule has 0 fully saturated rings. The van der Waals surface area contributed by atoms with Gasteiger partial charge >= 0.3 is 0 Å². The Kier molecular flexibility index (Phi) is 7.32. The van der Waals surface area contributed by atoms with Gasteiger partial charge in [0.2, 0.25) is 10.0 Å². The topological polar surface area (TPSA) is 88.4 Å². The van der Waals surface area contributed by atoms with Gasteiger partial charge in [-0.3, -0.25) is 0 Å². The Balaban J connectivity index is 1.29. The Morgan fingerprint density at radius 1 is 1.11 bits per heavy atom. The molecule has 0 spiro atoms. The molecule has 0 aliphatic heterocycles. The normalized spacial score (nSPS) is 16.2. The Hall–Kier alpha value is -3.21. The van der Waals surface area contributed by atoms with Crippen LogP contribution in [0.5, 0.6) is 0 Å². The largest absolute Gasteiger partial charge is 0.366 e. The summed E-state index contributed by atoms with van der Waals surface area (Å²) in [6.45, 7) is 0.684. The van der Waals surface area contributed by atoms with Crippen molar-refractivity contribution in [2.45, 2.75) is 30.6 Å². The van der Waals surface area contributed by atoms with E-state index in [0.717, 1.165) is 58.6 Å². The Bertz CT molecular complexity index is 1590. The van der Waals surface area contributed by atoms with E-state index < -0.39 is 15.8 Å². The fourth-order valence-corrected chi connectivity index (χ4v) is 5.64. The minimum Gasteiger partial charge on any atom is -0.366 e. The lowest BCUT2D eigenvalue weighted by Gasteiger charge is -2.18. The summed E-state index contributed by atoms with van der Waals surface area (Å²) in [7, 11) is 2.18. The van der Waals surface area contributed by atoms with E-state index in [2.05, 4.69) is 26.2 Å². The van der Waals surface area contributed by atoms with Gasteiger partial charge in [-0.05, 0) is 43.3 Å². The van der Waals surface area contributed by atoms with Crippen molar-refractivity contribution in [3.63, 3.8) is 0 Å². The first-order valence-electron chi connectivity index (χ1n) is 11.9. The van der Waals surface area contributed by atoms with Crippen LogP contribution >= 0.6 is 11.6 Å². The van der Waals surface area contributed by atoms with Gasteiger partial charge in [0, 0.05) is 36.0 Å². The molecular weight excluding hydrogens is 512 g/mol. The van der Waals surface area contributed by atoms with Crippen LogP contribution < -0.4 is 15.5 Å². The molecular formula is C26H24BClFN5O2S. The second-order valence-electron chi connectivity index (χ2n) is 8.88. The number of halogens is 2. The van der Waals surface area contributed by atoms with Gasteiger partial charge in [0.15, 0.2) is 5.65 Å². The monoisotopic (exact) mass is 535 g/mol. The highest BCUT2D eigenvalue weighted by molar-refractivity contribution is 7.89. The molecule has 2 radical (unpaired) electrons. The van der Waals surface area contributed by atoms with Crippen LogP contribution in [0.4, 0.5) is 10.2 Å². The fourth-order valence-electron chi connectivity index (χ4n) is 4.25. The standard InChI is InChI=1S/C26H24BClFN5O2S/c27-20-16-31-34-25(13-23(33-26(20)34)19-5-1-2-6-21(19)28)30-14-17-9-11-18(12-10-17)15-32-37(35,36)24-8-4-3-7-22(24)29/h1,3-5,7-9,11,13,16,30,32H,2,6,10,12,14-15H2. The van der Waals surface area contributed by atoms with E-state index in [9.17, 15) is 12.8 Å². The average Bonchev–Trinajstić information content (AvgIpc) is 3.28. The van der Waals surface area contributed by atoms with E-state index in [0.29, 0.717) is 24.1 Å². The van der Waals surface area contributed by atoms with Gasteiger partial charge in [-0.25, -0.2) is 22.5 Å². The van der Waals surface area contributed by atoms with Crippen molar-refractivity contribution in [3.05, 3.63) is 88.5 Å². The van der Waals surface area contributed by atoms with Crippen LogP contribution in [0, 0.1) is 5.82 Å². The number of anilines is 1. The lowest BCUT2D eigenvalue weighted by Crippen LogP contribution is -2.27. The summed E-state index contributed by atoms with van der Waals surface area (Å²) < 4.78 is 43.0. The lowest BCUT2D eigenvalue weighted by molar-refractivity contribution is 0.558. The van der Waals surface area contributed by atoms with Gasteiger partial charge in [-0.1, -0.05) is 59.2 Å². The summed E-state index contributed by atoms with van der Waals surface area (Å²) in [5.74, 6) is -0.0350. The number of benzene rings is 1. The van der Waals surface area contributed by atoms with Gasteiger partial charge in [0.1, 0.15) is 24.4 Å². The molecule has 188 valence electrons. The fraction of sp³-hybridized carbons (Fsp3) is 0.231. The van der Waals surface area contributed by atoms with Crippen LogP contribution in [0.1, 0.15) is 31.4 Å². The average molecular weight is 536 g/mol. The molecule has 1 aromatic carbocycles. The first-order valence-corrected chi connectivity index (χ1v) is 13.7. The Labute approximate surface area is 221 Å². The molecule has 2 aliphatic rings. The smallest absolute Gasteiger partial charge is 0.243 e. The summed E-state index contributed by atoms with van der Waals surface area (Å²) in [4.78, 5) is 4.33. The minimum absolute atomic E-state index is 0.123. The predicted molar refractivity (Wildman–Crippen MR) is 145 cm³/mol. The molecule has 0 bridgehead atoms. The van der Waals surface area contributed by atoms with Crippen LogP contribution in [-0.4, -0.2) is 44.0 Å². The highest BCUT2D eigenvalue weighted by Crippen LogP contribution is 2.30. The van der Waals surface area contributed by atoms with Crippen molar-refractivity contribution in [2.75, 3.05) is 18.4 Å². The second-order valence-corrected chi connectivity index (χ2v) is 11.1. The number of hydrogen-bond donors (Lipinski definition) is 2. The molecule has 2 N–H and O–H groups in total. The van der Waals surface area contributed by atoms with Crippen molar-refractivity contribution < 1.29 is 12.8 Å². The third kappa shape index (κ3) is 5.56. The van der Waals surface area contributed by atoms with Gasteiger partial charge in [0.25, 0.3) is 0 Å². The van der Waals surface area contributed by atoms with E-state index in [-0.39, 0.29) is 11.4 Å². The summed E-state index contributed by atoms with van der Waals surface area (Å²) >= 11 is 6.48. The van der Waals surface area contributed by atoms with Gasteiger partial charge < -0.3 is 5.32 Å². The molecule has 11 heteroatoms. The van der Waals surface area contributed by atoms with Gasteiger partial charge in [-0.2, -0.15) is 9.61 Å². The Morgan fingerprint density at radius 3 is 2.59 bits per heavy atom. The number of nitrogens with zero attached hydrogens (tertiary/aromatic N) is 3. The molecule has 0 amide bonds. The number of fused-ring (bicyclic) bond motifs is 1. The van der Waals surface area contributed by atoms with E-state index in [1.807, 2.05) is 24.3 Å². The number of sulfonamides is 1. The van der Waals surface area contributed by atoms with E-state index in [1.165, 1.54) is 18.2 Å². The zero-order valence-corrected chi connectivity index (χ0v) is 21.5. The minimum atomic E-state index is -3.93. The first kappa shape index (κ1) is 25.4. The van der Waals surface area contributed by atoms with Crippen LogP contribution in [0.15, 0.2) is 81.9 Å². The predicted octanol–water partition coefficient (Wildman–Crippen LogP) is 4.00. The number of rotatable bonds is 8. The highest BCUT2D eigenvalue weighted by atomic mass is 35.5. The van der Waals surface area contributed by atoms with E-state index in [1.54, 1.807) is 10.7 Å². The maximum Gasteiger partial charge on any atom is 0.243 e. The zero-order valence-electron chi connectivity index (χ0n) is 19.9. The summed E-state index contributed by atoms with van der Waals surface area (Å²) in [5, 5.41) is 8.55. The molecule has 0 atom stereocenters. The van der Waals surface area contributed by atoms with E-state index >= 15 is 0 Å². The van der Waals surface area contributed by atoms with Gasteiger partial charge in [0.05, 0.1) is 5.69 Å². The molecule has 7 nitrogen and oxygen atoms in total. The number of nitrogens with one attached hydrogen (secondary N) is 2. The number of allylic oxidation sites excluding steroid dienone is 6. The summed E-state index contributed by atoms with van der Waals surface area (Å²) in [6.07, 6.45) is 12.6. The van der Waals surface area contributed by atoms with Crippen LogP contribution in [0.25, 0.3) is 11.2 Å². The molecule has 37 heavy (non-hydrogen) atoms. The van der Waals surface area contributed by atoms with Crippen molar-refractivity contribution in [1.29, 1.82) is 0 Å². The van der Waals surface area contributed by atoms with Crippen LogP contribution in [-0.2, 0) is 10.0 Å². The SMILES string of the molecule is [B]c1cnn2c(NCC3=CC=C(CNS(=O)(=O)c4ccccc4F)CC3)cc(C3=C(Cl)CCC=C3)nc12. The van der Waals surface area contributed by atoms with Crippen molar-refractivity contribution in [1.82, 2.24) is 19.3 Å². The molecule has 2 aromatic heterocycles. The van der Waals surface area contributed by atoms with Crippen molar-refractivity contribution >= 4 is 52.0 Å². The van der Waals surface area contributed by atoms with Crippen LogP contribution in [0.3, 0.4) is 0 Å². The lowest BCUT2D eigenvalue weighted by atomic mass is 9.98. The highest BCUT2D eigenvalue weighted by Gasteiger charge is 2.19. The molecule has 2 heterocycles. The molecule has 2 aliphatic carbocycles.